The van der Waals surface area contributed by atoms with E-state index in [9.17, 15) is 18.5 Å². The molecule has 0 heterocycles. The van der Waals surface area contributed by atoms with Crippen LogP contribution in [0.15, 0.2) is 23.1 Å². The van der Waals surface area contributed by atoms with Crippen molar-refractivity contribution in [2.24, 2.45) is 5.92 Å². The van der Waals surface area contributed by atoms with Crippen LogP contribution in [0, 0.1) is 23.0 Å². The summed E-state index contributed by atoms with van der Waals surface area (Å²) in [4.78, 5) is 10.2. The van der Waals surface area contributed by atoms with Gasteiger partial charge >= 0.3 is 0 Å². The average molecular weight is 328 g/mol. The summed E-state index contributed by atoms with van der Waals surface area (Å²) < 4.78 is 27.4. The Morgan fingerprint density at radius 3 is 2.55 bits per heavy atom. The highest BCUT2D eigenvalue weighted by molar-refractivity contribution is 7.89. The molecule has 0 amide bonds. The van der Waals surface area contributed by atoms with Crippen LogP contribution in [0.25, 0.3) is 0 Å². The summed E-state index contributed by atoms with van der Waals surface area (Å²) >= 11 is 0. The van der Waals surface area contributed by atoms with Gasteiger partial charge in [-0.25, -0.2) is 13.1 Å². The molecule has 1 rings (SSSR count). The summed E-state index contributed by atoms with van der Waals surface area (Å²) in [7, 11) is -3.73. The second kappa shape index (κ2) is 8.24. The van der Waals surface area contributed by atoms with E-state index in [4.69, 9.17) is 0 Å². The Morgan fingerprint density at radius 1 is 1.32 bits per heavy atom. The van der Waals surface area contributed by atoms with Crippen molar-refractivity contribution in [1.29, 1.82) is 0 Å². The summed E-state index contributed by atoms with van der Waals surface area (Å²) in [5.74, 6) is 0.286. The van der Waals surface area contributed by atoms with E-state index >= 15 is 0 Å². The fourth-order valence-corrected chi connectivity index (χ4v) is 3.62. The molecule has 1 N–H and O–H groups in total. The number of nitro groups is 1. The smallest absolute Gasteiger partial charge is 0.258 e. The molecule has 1 aromatic rings. The van der Waals surface area contributed by atoms with Gasteiger partial charge in [-0.2, -0.15) is 0 Å². The second-order valence-electron chi connectivity index (χ2n) is 5.48. The summed E-state index contributed by atoms with van der Waals surface area (Å²) in [6, 6.07) is 3.89. The van der Waals surface area contributed by atoms with Crippen LogP contribution >= 0.6 is 0 Å². The number of hydrogen-bond acceptors (Lipinski definition) is 4. The Morgan fingerprint density at radius 2 is 2.00 bits per heavy atom. The maximum Gasteiger partial charge on any atom is 0.270 e. The topological polar surface area (TPSA) is 89.3 Å². The Balaban J connectivity index is 2.90. The Kier molecular flexibility index (Phi) is 6.96. The van der Waals surface area contributed by atoms with Gasteiger partial charge in [0.05, 0.1) is 9.82 Å². The van der Waals surface area contributed by atoms with Crippen LogP contribution < -0.4 is 4.72 Å². The van der Waals surface area contributed by atoms with E-state index in [0.717, 1.165) is 31.7 Å². The number of non-ortho nitro benzene ring substituents is 1. The molecule has 0 aromatic heterocycles. The van der Waals surface area contributed by atoms with Crippen LogP contribution in [-0.2, 0) is 10.0 Å². The Hall–Kier alpha value is -1.47. The van der Waals surface area contributed by atoms with Crippen molar-refractivity contribution >= 4 is 15.7 Å². The minimum absolute atomic E-state index is 0.0213. The van der Waals surface area contributed by atoms with Gasteiger partial charge in [0.15, 0.2) is 0 Å². The molecule has 22 heavy (non-hydrogen) atoms. The number of unbranched alkanes of at least 4 members (excludes halogenated alkanes) is 1. The van der Waals surface area contributed by atoms with Gasteiger partial charge in [0.1, 0.15) is 0 Å². The number of aryl methyl sites for hydroxylation is 1. The Labute approximate surface area is 132 Å². The summed E-state index contributed by atoms with van der Waals surface area (Å²) in [6.45, 7) is 6.13. The molecule has 7 heteroatoms. The van der Waals surface area contributed by atoms with E-state index in [1.807, 2.05) is 6.92 Å². The van der Waals surface area contributed by atoms with Crippen LogP contribution in [0.3, 0.4) is 0 Å². The summed E-state index contributed by atoms with van der Waals surface area (Å²) in [5.41, 5.74) is 0.281. The predicted octanol–water partition coefficient (Wildman–Crippen LogP) is 3.40. The van der Waals surface area contributed by atoms with Gasteiger partial charge in [0.25, 0.3) is 5.69 Å². The number of benzene rings is 1. The number of nitrogens with zero attached hydrogens (tertiary/aromatic N) is 1. The standard InChI is InChI=1S/C15H24N2O4S/c1-4-6-7-13(5-2)11-16-22(20,21)15-10-14(17(18)19)9-8-12(15)3/h8-10,13,16H,4-7,11H2,1-3H3. The lowest BCUT2D eigenvalue weighted by Gasteiger charge is -2.16. The zero-order valence-electron chi connectivity index (χ0n) is 13.3. The number of nitrogens with one attached hydrogen (secondary N) is 1. The maximum absolute atomic E-state index is 12.4. The van der Waals surface area contributed by atoms with Crippen molar-refractivity contribution in [2.75, 3.05) is 6.54 Å². The number of nitro benzene ring substituents is 1. The van der Waals surface area contributed by atoms with Gasteiger partial charge in [0, 0.05) is 18.7 Å². The van der Waals surface area contributed by atoms with Gasteiger partial charge < -0.3 is 0 Å². The lowest BCUT2D eigenvalue weighted by molar-refractivity contribution is -0.385. The fourth-order valence-electron chi connectivity index (χ4n) is 2.24. The molecule has 1 unspecified atom stereocenters. The minimum Gasteiger partial charge on any atom is -0.258 e. The molecular formula is C15H24N2O4S. The molecule has 0 saturated heterocycles. The fraction of sp³-hybridized carbons (Fsp3) is 0.600. The van der Waals surface area contributed by atoms with Crippen molar-refractivity contribution in [1.82, 2.24) is 4.72 Å². The van der Waals surface area contributed by atoms with Crippen molar-refractivity contribution in [3.63, 3.8) is 0 Å². The van der Waals surface area contributed by atoms with Crippen molar-refractivity contribution in [3.8, 4) is 0 Å². The highest BCUT2D eigenvalue weighted by Crippen LogP contribution is 2.22. The lowest BCUT2D eigenvalue weighted by Crippen LogP contribution is -2.29. The molecule has 0 radical (unpaired) electrons. The molecule has 0 bridgehead atoms. The SMILES string of the molecule is CCCCC(CC)CNS(=O)(=O)c1cc([N+](=O)[O-])ccc1C. The maximum atomic E-state index is 12.4. The highest BCUT2D eigenvalue weighted by atomic mass is 32.2. The molecular weight excluding hydrogens is 304 g/mol. The van der Waals surface area contributed by atoms with E-state index in [1.54, 1.807) is 6.92 Å². The predicted molar refractivity (Wildman–Crippen MR) is 86.3 cm³/mol. The highest BCUT2D eigenvalue weighted by Gasteiger charge is 2.21. The quantitative estimate of drug-likeness (QED) is 0.556. The van der Waals surface area contributed by atoms with Crippen molar-refractivity contribution < 1.29 is 13.3 Å². The van der Waals surface area contributed by atoms with E-state index < -0.39 is 14.9 Å². The van der Waals surface area contributed by atoms with Crippen LogP contribution in [0.2, 0.25) is 0 Å². The summed E-state index contributed by atoms with van der Waals surface area (Å²) in [5, 5.41) is 10.8. The van der Waals surface area contributed by atoms with Gasteiger partial charge in [-0.3, -0.25) is 10.1 Å². The van der Waals surface area contributed by atoms with E-state index in [0.29, 0.717) is 12.1 Å². The molecule has 1 atom stereocenters. The monoisotopic (exact) mass is 328 g/mol. The third kappa shape index (κ3) is 5.06. The lowest BCUT2D eigenvalue weighted by atomic mass is 10.00. The zero-order chi connectivity index (χ0) is 16.8. The van der Waals surface area contributed by atoms with Crippen LogP contribution in [0.1, 0.15) is 45.1 Å². The molecule has 0 aliphatic carbocycles. The van der Waals surface area contributed by atoms with E-state index in [-0.39, 0.29) is 16.5 Å². The minimum atomic E-state index is -3.73. The molecule has 1 aromatic carbocycles. The van der Waals surface area contributed by atoms with E-state index in [2.05, 4.69) is 11.6 Å². The first-order valence-corrected chi connectivity index (χ1v) is 9.04. The molecule has 0 aliphatic rings. The van der Waals surface area contributed by atoms with Gasteiger partial charge in [0.2, 0.25) is 10.0 Å². The van der Waals surface area contributed by atoms with E-state index in [1.165, 1.54) is 12.1 Å². The van der Waals surface area contributed by atoms with Crippen molar-refractivity contribution in [2.45, 2.75) is 51.3 Å². The number of rotatable bonds is 9. The average Bonchev–Trinajstić information content (AvgIpc) is 2.47. The van der Waals surface area contributed by atoms with Crippen LogP contribution in [-0.4, -0.2) is 19.9 Å². The molecule has 124 valence electrons. The second-order valence-corrected chi connectivity index (χ2v) is 7.21. The first-order valence-electron chi connectivity index (χ1n) is 7.56. The molecule has 0 fully saturated rings. The van der Waals surface area contributed by atoms with Crippen molar-refractivity contribution in [3.05, 3.63) is 33.9 Å². The normalized spacial score (nSPS) is 13.0. The zero-order valence-corrected chi connectivity index (χ0v) is 14.1. The third-order valence-corrected chi connectivity index (χ3v) is 5.34. The molecule has 0 aliphatic heterocycles. The molecule has 6 nitrogen and oxygen atoms in total. The molecule has 0 spiro atoms. The number of hydrogen-bond donors (Lipinski definition) is 1. The largest absolute Gasteiger partial charge is 0.270 e. The number of sulfonamides is 1. The first-order chi connectivity index (χ1) is 10.3. The first kappa shape index (κ1) is 18.6. The summed E-state index contributed by atoms with van der Waals surface area (Å²) in [6.07, 6.45) is 4.02. The van der Waals surface area contributed by atoms with Crippen LogP contribution in [0.4, 0.5) is 5.69 Å². The van der Waals surface area contributed by atoms with Gasteiger partial charge in [-0.15, -0.1) is 0 Å². The Bertz CT molecular complexity index is 614. The van der Waals surface area contributed by atoms with Gasteiger partial charge in [-0.1, -0.05) is 39.2 Å². The molecule has 0 saturated carbocycles. The third-order valence-electron chi connectivity index (χ3n) is 3.78. The van der Waals surface area contributed by atoms with Crippen LogP contribution in [0.5, 0.6) is 0 Å². The van der Waals surface area contributed by atoms with Gasteiger partial charge in [-0.05, 0) is 24.8 Å².